The van der Waals surface area contributed by atoms with Crippen LogP contribution >= 0.6 is 0 Å². The second kappa shape index (κ2) is 10.8. The van der Waals surface area contributed by atoms with Crippen LogP contribution in [-0.2, 0) is 0 Å². The maximum Gasteiger partial charge on any atom is 0.0109 e. The molecule has 0 radical (unpaired) electrons. The number of nitrogens with one attached hydrogen (secondary N) is 1. The summed E-state index contributed by atoms with van der Waals surface area (Å²) in [5, 5.41) is 3.52. The Morgan fingerprint density at radius 3 is 2.17 bits per heavy atom. The molecule has 18 heavy (non-hydrogen) atoms. The SMILES string of the molecule is CCCNCC(C)CN(CCN(C)C)CC(C)C. The van der Waals surface area contributed by atoms with Crippen LogP contribution in [0, 0.1) is 11.8 Å². The average Bonchev–Trinajstić information content (AvgIpc) is 2.25. The Morgan fingerprint density at radius 1 is 1.00 bits per heavy atom. The molecule has 0 aliphatic carbocycles. The summed E-state index contributed by atoms with van der Waals surface area (Å²) in [4.78, 5) is 4.89. The number of likely N-dealkylation sites (N-methyl/N-ethyl adjacent to an activating group) is 1. The van der Waals surface area contributed by atoms with E-state index in [2.05, 4.69) is 56.9 Å². The van der Waals surface area contributed by atoms with Crippen LogP contribution in [0.15, 0.2) is 0 Å². The van der Waals surface area contributed by atoms with Crippen molar-refractivity contribution in [2.45, 2.75) is 34.1 Å². The van der Waals surface area contributed by atoms with E-state index in [1.165, 1.54) is 26.1 Å². The summed E-state index contributed by atoms with van der Waals surface area (Å²) in [6.45, 7) is 16.2. The van der Waals surface area contributed by atoms with Crippen LogP contribution in [0.3, 0.4) is 0 Å². The van der Waals surface area contributed by atoms with E-state index >= 15 is 0 Å². The minimum Gasteiger partial charge on any atom is -0.316 e. The molecule has 0 amide bonds. The first-order valence-corrected chi connectivity index (χ1v) is 7.53. The third kappa shape index (κ3) is 11.0. The van der Waals surface area contributed by atoms with Crippen molar-refractivity contribution in [1.29, 1.82) is 0 Å². The average molecular weight is 257 g/mol. The fourth-order valence-corrected chi connectivity index (χ4v) is 2.15. The number of hydrogen-bond donors (Lipinski definition) is 1. The molecule has 1 atom stereocenters. The van der Waals surface area contributed by atoms with Crippen molar-refractivity contribution in [2.75, 3.05) is 53.4 Å². The fraction of sp³-hybridized carbons (Fsp3) is 1.00. The quantitative estimate of drug-likeness (QED) is 0.572. The van der Waals surface area contributed by atoms with E-state index in [1.807, 2.05) is 0 Å². The molecule has 0 bridgehead atoms. The molecule has 0 spiro atoms. The Balaban J connectivity index is 3.96. The van der Waals surface area contributed by atoms with Crippen molar-refractivity contribution in [2.24, 2.45) is 11.8 Å². The molecular formula is C15H35N3. The van der Waals surface area contributed by atoms with Crippen LogP contribution in [-0.4, -0.2) is 63.2 Å². The molecule has 0 aliphatic heterocycles. The maximum absolute atomic E-state index is 3.52. The van der Waals surface area contributed by atoms with Crippen LogP contribution in [0.2, 0.25) is 0 Å². The monoisotopic (exact) mass is 257 g/mol. The molecule has 0 aromatic heterocycles. The van der Waals surface area contributed by atoms with Crippen LogP contribution in [0.25, 0.3) is 0 Å². The predicted octanol–water partition coefficient (Wildman–Crippen LogP) is 2.14. The summed E-state index contributed by atoms with van der Waals surface area (Å²) in [6.07, 6.45) is 1.23. The van der Waals surface area contributed by atoms with Crippen molar-refractivity contribution < 1.29 is 0 Å². The standard InChI is InChI=1S/C15H35N3/c1-7-8-16-11-15(4)13-18(12-14(2)3)10-9-17(5)6/h14-16H,7-13H2,1-6H3. The van der Waals surface area contributed by atoms with Crippen molar-refractivity contribution in [3.63, 3.8) is 0 Å². The molecule has 0 rings (SSSR count). The highest BCUT2D eigenvalue weighted by atomic mass is 15.2. The molecule has 0 aromatic rings. The van der Waals surface area contributed by atoms with Gasteiger partial charge in [-0.2, -0.15) is 0 Å². The Bertz CT molecular complexity index is 181. The Morgan fingerprint density at radius 2 is 1.67 bits per heavy atom. The van der Waals surface area contributed by atoms with Crippen LogP contribution in [0.5, 0.6) is 0 Å². The molecule has 1 unspecified atom stereocenters. The van der Waals surface area contributed by atoms with Gasteiger partial charge in [-0.3, -0.25) is 0 Å². The summed E-state index contributed by atoms with van der Waals surface area (Å²) in [5.41, 5.74) is 0. The first-order valence-electron chi connectivity index (χ1n) is 7.53. The van der Waals surface area contributed by atoms with Crippen LogP contribution in [0.4, 0.5) is 0 Å². The summed E-state index contributed by atoms with van der Waals surface area (Å²) in [7, 11) is 4.31. The zero-order chi connectivity index (χ0) is 14.0. The number of nitrogens with zero attached hydrogens (tertiary/aromatic N) is 2. The fourth-order valence-electron chi connectivity index (χ4n) is 2.15. The lowest BCUT2D eigenvalue weighted by atomic mass is 10.1. The molecule has 0 saturated carbocycles. The van der Waals surface area contributed by atoms with Gasteiger partial charge in [-0.15, -0.1) is 0 Å². The van der Waals surface area contributed by atoms with Crippen molar-refractivity contribution in [3.05, 3.63) is 0 Å². The van der Waals surface area contributed by atoms with Gasteiger partial charge in [-0.05, 0) is 45.4 Å². The van der Waals surface area contributed by atoms with E-state index in [0.717, 1.165) is 31.5 Å². The van der Waals surface area contributed by atoms with Gasteiger partial charge >= 0.3 is 0 Å². The van der Waals surface area contributed by atoms with E-state index in [-0.39, 0.29) is 0 Å². The minimum atomic E-state index is 0.734. The maximum atomic E-state index is 3.52. The van der Waals surface area contributed by atoms with E-state index in [0.29, 0.717) is 0 Å². The van der Waals surface area contributed by atoms with Crippen molar-refractivity contribution in [3.8, 4) is 0 Å². The molecule has 1 N–H and O–H groups in total. The second-order valence-electron chi connectivity index (χ2n) is 6.27. The number of rotatable bonds is 11. The summed E-state index contributed by atoms with van der Waals surface area (Å²) in [5.74, 6) is 1.49. The number of hydrogen-bond acceptors (Lipinski definition) is 3. The zero-order valence-electron chi connectivity index (χ0n) is 13.5. The van der Waals surface area contributed by atoms with Gasteiger partial charge < -0.3 is 15.1 Å². The van der Waals surface area contributed by atoms with E-state index in [4.69, 9.17) is 0 Å². The first kappa shape index (κ1) is 17.9. The third-order valence-corrected chi connectivity index (χ3v) is 2.98. The lowest BCUT2D eigenvalue weighted by molar-refractivity contribution is 0.193. The van der Waals surface area contributed by atoms with E-state index in [1.54, 1.807) is 0 Å². The molecule has 0 heterocycles. The minimum absolute atomic E-state index is 0.734. The van der Waals surface area contributed by atoms with E-state index < -0.39 is 0 Å². The van der Waals surface area contributed by atoms with Gasteiger partial charge in [0.15, 0.2) is 0 Å². The highest BCUT2D eigenvalue weighted by molar-refractivity contribution is 4.67. The molecule has 0 saturated heterocycles. The van der Waals surface area contributed by atoms with Gasteiger partial charge in [0.2, 0.25) is 0 Å². The topological polar surface area (TPSA) is 18.5 Å². The lowest BCUT2D eigenvalue weighted by Crippen LogP contribution is -2.39. The highest BCUT2D eigenvalue weighted by Gasteiger charge is 2.11. The molecule has 3 nitrogen and oxygen atoms in total. The van der Waals surface area contributed by atoms with Crippen LogP contribution < -0.4 is 5.32 Å². The van der Waals surface area contributed by atoms with E-state index in [9.17, 15) is 0 Å². The lowest BCUT2D eigenvalue weighted by Gasteiger charge is -2.28. The van der Waals surface area contributed by atoms with Crippen molar-refractivity contribution >= 4 is 0 Å². The molecule has 0 aromatic carbocycles. The molecular weight excluding hydrogens is 222 g/mol. The largest absolute Gasteiger partial charge is 0.316 e. The first-order chi connectivity index (χ1) is 8.45. The van der Waals surface area contributed by atoms with Gasteiger partial charge in [-0.1, -0.05) is 27.7 Å². The Hall–Kier alpha value is -0.120. The van der Waals surface area contributed by atoms with Crippen molar-refractivity contribution in [1.82, 2.24) is 15.1 Å². The smallest absolute Gasteiger partial charge is 0.0109 e. The van der Waals surface area contributed by atoms with Crippen LogP contribution in [0.1, 0.15) is 34.1 Å². The third-order valence-electron chi connectivity index (χ3n) is 2.98. The molecule has 3 heteroatoms. The van der Waals surface area contributed by atoms with Gasteiger partial charge in [0.05, 0.1) is 0 Å². The molecule has 0 fully saturated rings. The van der Waals surface area contributed by atoms with Gasteiger partial charge in [-0.25, -0.2) is 0 Å². The predicted molar refractivity (Wildman–Crippen MR) is 82.2 cm³/mol. The normalized spacial score (nSPS) is 13.8. The summed E-state index contributed by atoms with van der Waals surface area (Å²) < 4.78 is 0. The van der Waals surface area contributed by atoms with Gasteiger partial charge in [0.25, 0.3) is 0 Å². The Kier molecular flexibility index (Phi) is 10.7. The molecule has 0 aliphatic rings. The zero-order valence-corrected chi connectivity index (χ0v) is 13.5. The highest BCUT2D eigenvalue weighted by Crippen LogP contribution is 2.04. The second-order valence-corrected chi connectivity index (χ2v) is 6.27. The Labute approximate surface area is 115 Å². The van der Waals surface area contributed by atoms with Gasteiger partial charge in [0.1, 0.15) is 0 Å². The molecule has 110 valence electrons. The summed E-state index contributed by atoms with van der Waals surface area (Å²) >= 11 is 0. The summed E-state index contributed by atoms with van der Waals surface area (Å²) in [6, 6.07) is 0. The van der Waals surface area contributed by atoms with Gasteiger partial charge in [0, 0.05) is 26.2 Å².